The number of alkyl carbamates (subject to hydrolysis) is 1. The van der Waals surface area contributed by atoms with Gasteiger partial charge in [0.25, 0.3) is 0 Å². The predicted molar refractivity (Wildman–Crippen MR) is 75.4 cm³/mol. The van der Waals surface area contributed by atoms with Crippen molar-refractivity contribution in [1.82, 2.24) is 15.1 Å². The molecular formula is C15H17N3O3. The molecule has 0 unspecified atom stereocenters. The van der Waals surface area contributed by atoms with Crippen LogP contribution in [0.25, 0.3) is 0 Å². The van der Waals surface area contributed by atoms with Crippen LogP contribution in [0.3, 0.4) is 0 Å². The monoisotopic (exact) mass is 287 g/mol. The molecule has 0 bridgehead atoms. The van der Waals surface area contributed by atoms with Gasteiger partial charge in [-0.25, -0.2) is 4.79 Å². The number of carbonyl (C=O) groups excluding carboxylic acids is 1. The van der Waals surface area contributed by atoms with Gasteiger partial charge in [-0.15, -0.1) is 0 Å². The normalized spacial score (nSPS) is 24.1. The van der Waals surface area contributed by atoms with Crippen molar-refractivity contribution in [3.05, 3.63) is 54.4 Å². The van der Waals surface area contributed by atoms with Crippen LogP contribution in [0.1, 0.15) is 18.0 Å². The molecule has 1 aliphatic rings. The number of nitrogens with zero attached hydrogens (tertiary/aromatic N) is 2. The zero-order chi connectivity index (χ0) is 14.7. The summed E-state index contributed by atoms with van der Waals surface area (Å²) < 4.78 is 6.84. The molecule has 3 rings (SSSR count). The minimum atomic E-state index is -0.496. The van der Waals surface area contributed by atoms with E-state index in [1.54, 1.807) is 23.1 Å². The van der Waals surface area contributed by atoms with Crippen LogP contribution >= 0.6 is 0 Å². The number of nitrogens with one attached hydrogen (secondary N) is 1. The minimum Gasteiger partial charge on any atom is -0.445 e. The number of ether oxygens (including phenoxy) is 1. The van der Waals surface area contributed by atoms with Crippen molar-refractivity contribution in [1.29, 1.82) is 0 Å². The molecule has 6 heteroatoms. The van der Waals surface area contributed by atoms with Crippen LogP contribution in [-0.4, -0.2) is 33.1 Å². The number of aromatic nitrogens is 2. The molecule has 110 valence electrons. The fourth-order valence-electron chi connectivity index (χ4n) is 2.49. The second kappa shape index (κ2) is 5.97. The lowest BCUT2D eigenvalue weighted by Gasteiger charge is -2.41. The van der Waals surface area contributed by atoms with E-state index in [-0.39, 0.29) is 18.7 Å². The molecule has 21 heavy (non-hydrogen) atoms. The first-order valence-electron chi connectivity index (χ1n) is 6.88. The van der Waals surface area contributed by atoms with Crippen molar-refractivity contribution >= 4 is 6.09 Å². The molecule has 0 saturated heterocycles. The van der Waals surface area contributed by atoms with E-state index in [1.165, 1.54) is 0 Å². The van der Waals surface area contributed by atoms with Crippen LogP contribution in [0.15, 0.2) is 48.8 Å². The zero-order valence-electron chi connectivity index (χ0n) is 11.4. The quantitative estimate of drug-likeness (QED) is 0.893. The smallest absolute Gasteiger partial charge is 0.407 e. The van der Waals surface area contributed by atoms with Gasteiger partial charge < -0.3 is 15.2 Å². The molecule has 2 aromatic rings. The standard InChI is InChI=1S/C15H17N3O3/c19-13-9-12(14(13)18-8-4-7-16-18)17-15(20)21-10-11-5-2-1-3-6-11/h1-8,12-14,19H,9-10H2,(H,17,20)/t12-,13+,14+/m0/s1. The third kappa shape index (κ3) is 3.05. The fraction of sp³-hybridized carbons (Fsp3) is 0.333. The third-order valence-corrected chi connectivity index (χ3v) is 3.65. The summed E-state index contributed by atoms with van der Waals surface area (Å²) in [5.41, 5.74) is 0.935. The molecule has 1 aromatic carbocycles. The highest BCUT2D eigenvalue weighted by Crippen LogP contribution is 2.32. The highest BCUT2D eigenvalue weighted by Gasteiger charge is 2.42. The van der Waals surface area contributed by atoms with Crippen molar-refractivity contribution in [3.63, 3.8) is 0 Å². The van der Waals surface area contributed by atoms with Crippen molar-refractivity contribution in [2.75, 3.05) is 0 Å². The van der Waals surface area contributed by atoms with Crippen LogP contribution in [0, 0.1) is 0 Å². The van der Waals surface area contributed by atoms with Gasteiger partial charge in [-0.2, -0.15) is 5.10 Å². The molecule has 0 spiro atoms. The number of carbonyl (C=O) groups is 1. The van der Waals surface area contributed by atoms with Crippen LogP contribution < -0.4 is 5.32 Å². The highest BCUT2D eigenvalue weighted by molar-refractivity contribution is 5.68. The maximum absolute atomic E-state index is 11.8. The van der Waals surface area contributed by atoms with Gasteiger partial charge in [0, 0.05) is 12.4 Å². The Bertz CT molecular complexity index is 585. The van der Waals surface area contributed by atoms with E-state index < -0.39 is 12.2 Å². The average Bonchev–Trinajstić information content (AvgIpc) is 2.99. The molecule has 3 atom stereocenters. The van der Waals surface area contributed by atoms with E-state index in [9.17, 15) is 9.90 Å². The Morgan fingerprint density at radius 1 is 1.38 bits per heavy atom. The van der Waals surface area contributed by atoms with E-state index in [1.807, 2.05) is 30.3 Å². The van der Waals surface area contributed by atoms with Crippen molar-refractivity contribution in [2.24, 2.45) is 0 Å². The van der Waals surface area contributed by atoms with Gasteiger partial charge in [0.2, 0.25) is 0 Å². The van der Waals surface area contributed by atoms with E-state index in [0.29, 0.717) is 6.42 Å². The Morgan fingerprint density at radius 2 is 2.19 bits per heavy atom. The summed E-state index contributed by atoms with van der Waals surface area (Å²) in [5, 5.41) is 16.7. The Labute approximate surface area is 122 Å². The van der Waals surface area contributed by atoms with Gasteiger partial charge in [-0.3, -0.25) is 4.68 Å². The summed E-state index contributed by atoms with van der Waals surface area (Å²) in [5.74, 6) is 0. The number of hydrogen-bond acceptors (Lipinski definition) is 4. The zero-order valence-corrected chi connectivity index (χ0v) is 11.4. The second-order valence-corrected chi connectivity index (χ2v) is 5.09. The van der Waals surface area contributed by atoms with E-state index in [0.717, 1.165) is 5.56 Å². The largest absolute Gasteiger partial charge is 0.445 e. The van der Waals surface area contributed by atoms with Gasteiger partial charge in [-0.05, 0) is 18.1 Å². The lowest BCUT2D eigenvalue weighted by molar-refractivity contribution is -0.00791. The van der Waals surface area contributed by atoms with Crippen molar-refractivity contribution in [3.8, 4) is 0 Å². The van der Waals surface area contributed by atoms with Crippen LogP contribution in [0.4, 0.5) is 4.79 Å². The molecule has 6 nitrogen and oxygen atoms in total. The lowest BCUT2D eigenvalue weighted by atomic mass is 9.83. The Hall–Kier alpha value is -2.34. The number of aliphatic hydroxyl groups is 1. The van der Waals surface area contributed by atoms with Gasteiger partial charge in [0.1, 0.15) is 6.61 Å². The number of hydrogen-bond donors (Lipinski definition) is 2. The highest BCUT2D eigenvalue weighted by atomic mass is 16.5. The maximum Gasteiger partial charge on any atom is 0.407 e. The molecule has 1 aromatic heterocycles. The summed E-state index contributed by atoms with van der Waals surface area (Å²) in [6.07, 6.45) is 2.95. The summed E-state index contributed by atoms with van der Waals surface area (Å²) >= 11 is 0. The van der Waals surface area contributed by atoms with Gasteiger partial charge in [-0.1, -0.05) is 30.3 Å². The van der Waals surface area contributed by atoms with Crippen molar-refractivity contribution < 1.29 is 14.6 Å². The number of aliphatic hydroxyl groups excluding tert-OH is 1. The first-order valence-corrected chi connectivity index (χ1v) is 6.88. The molecule has 0 aliphatic heterocycles. The fourth-order valence-corrected chi connectivity index (χ4v) is 2.49. The van der Waals surface area contributed by atoms with E-state index in [2.05, 4.69) is 10.4 Å². The predicted octanol–water partition coefficient (Wildman–Crippen LogP) is 1.48. The van der Waals surface area contributed by atoms with E-state index >= 15 is 0 Å². The van der Waals surface area contributed by atoms with Gasteiger partial charge in [0.15, 0.2) is 0 Å². The summed E-state index contributed by atoms with van der Waals surface area (Å²) in [6.45, 7) is 0.231. The minimum absolute atomic E-state index is 0.164. The number of rotatable bonds is 4. The molecule has 1 heterocycles. The molecule has 0 radical (unpaired) electrons. The molecule has 1 aliphatic carbocycles. The lowest BCUT2D eigenvalue weighted by Crippen LogP contribution is -2.56. The summed E-state index contributed by atoms with van der Waals surface area (Å²) in [6, 6.07) is 10.9. The van der Waals surface area contributed by atoms with Gasteiger partial charge in [0.05, 0.1) is 18.2 Å². The Kier molecular flexibility index (Phi) is 3.87. The Balaban J connectivity index is 1.51. The SMILES string of the molecule is O=C(N[C@H]1C[C@@H](O)[C@@H]1n1cccn1)OCc1ccccc1. The third-order valence-electron chi connectivity index (χ3n) is 3.65. The first-order chi connectivity index (χ1) is 10.2. The van der Waals surface area contributed by atoms with Crippen LogP contribution in [0.2, 0.25) is 0 Å². The topological polar surface area (TPSA) is 76.4 Å². The molecule has 2 N–H and O–H groups in total. The number of benzene rings is 1. The van der Waals surface area contributed by atoms with E-state index in [4.69, 9.17) is 4.74 Å². The van der Waals surface area contributed by atoms with Gasteiger partial charge >= 0.3 is 6.09 Å². The van der Waals surface area contributed by atoms with Crippen LogP contribution in [0.5, 0.6) is 0 Å². The average molecular weight is 287 g/mol. The number of amides is 1. The van der Waals surface area contributed by atoms with Crippen molar-refractivity contribution in [2.45, 2.75) is 31.2 Å². The summed E-state index contributed by atoms with van der Waals surface area (Å²) in [7, 11) is 0. The maximum atomic E-state index is 11.8. The molecule has 1 amide bonds. The second-order valence-electron chi connectivity index (χ2n) is 5.09. The molecular weight excluding hydrogens is 270 g/mol. The van der Waals surface area contributed by atoms with Crippen LogP contribution in [-0.2, 0) is 11.3 Å². The Morgan fingerprint density at radius 3 is 2.86 bits per heavy atom. The molecule has 1 saturated carbocycles. The first kappa shape index (κ1) is 13.6. The molecule has 1 fully saturated rings. The summed E-state index contributed by atoms with van der Waals surface area (Å²) in [4.78, 5) is 11.8.